The third kappa shape index (κ3) is 3.75. The molecule has 1 saturated carbocycles. The lowest BCUT2D eigenvalue weighted by Crippen LogP contribution is -2.52. The second-order valence-corrected chi connectivity index (χ2v) is 10.0. The number of carbonyl (C=O) groups is 1. The van der Waals surface area contributed by atoms with Crippen molar-refractivity contribution in [2.45, 2.75) is 43.7 Å². The largest absolute Gasteiger partial charge is 0.368 e. The van der Waals surface area contributed by atoms with Gasteiger partial charge in [-0.3, -0.25) is 9.69 Å². The molecule has 0 spiro atoms. The Labute approximate surface area is 160 Å². The summed E-state index contributed by atoms with van der Waals surface area (Å²) in [7, 11) is -1.73. The number of likely N-dealkylation sites (N-methyl/N-ethyl adjacent to an activating group) is 1. The molecule has 0 bridgehead atoms. The van der Waals surface area contributed by atoms with Gasteiger partial charge in [0.2, 0.25) is 15.9 Å². The van der Waals surface area contributed by atoms with Gasteiger partial charge in [0.25, 0.3) is 0 Å². The number of nitrogens with two attached hydrogens (primary N) is 1. The number of hydrogen-bond acceptors (Lipinski definition) is 4. The minimum absolute atomic E-state index is 0.0898. The van der Waals surface area contributed by atoms with E-state index in [1.54, 1.807) is 0 Å². The van der Waals surface area contributed by atoms with Gasteiger partial charge in [0.05, 0.1) is 10.9 Å². The van der Waals surface area contributed by atoms with Gasteiger partial charge in [-0.1, -0.05) is 13.8 Å². The van der Waals surface area contributed by atoms with E-state index in [1.807, 2.05) is 25.8 Å². The number of benzene rings is 1. The topological polar surface area (TPSA) is 83.7 Å². The van der Waals surface area contributed by atoms with E-state index in [2.05, 4.69) is 0 Å². The van der Waals surface area contributed by atoms with Crippen LogP contribution in [0.5, 0.6) is 0 Å². The highest BCUT2D eigenvalue weighted by molar-refractivity contribution is 7.89. The van der Waals surface area contributed by atoms with Gasteiger partial charge in [0.1, 0.15) is 5.82 Å². The van der Waals surface area contributed by atoms with E-state index in [0.29, 0.717) is 13.1 Å². The Morgan fingerprint density at radius 1 is 1.22 bits per heavy atom. The molecule has 2 aliphatic rings. The van der Waals surface area contributed by atoms with E-state index >= 15 is 0 Å². The number of rotatable bonds is 6. The smallest absolute Gasteiger partial charge is 0.243 e. The van der Waals surface area contributed by atoms with Crippen molar-refractivity contribution in [2.24, 2.45) is 23.5 Å². The maximum atomic E-state index is 13.1. The van der Waals surface area contributed by atoms with Crippen molar-refractivity contribution in [3.05, 3.63) is 30.1 Å². The average Bonchev–Trinajstić information content (AvgIpc) is 3.15. The molecule has 2 fully saturated rings. The molecule has 1 amide bonds. The van der Waals surface area contributed by atoms with Gasteiger partial charge in [-0.05, 0) is 61.9 Å². The first-order chi connectivity index (χ1) is 12.6. The molecule has 1 saturated heterocycles. The lowest BCUT2D eigenvalue weighted by molar-refractivity contribution is -0.125. The Balaban J connectivity index is 1.78. The summed E-state index contributed by atoms with van der Waals surface area (Å²) in [4.78, 5) is 14.1. The highest BCUT2D eigenvalue weighted by atomic mass is 32.2. The Hall–Kier alpha value is -1.51. The fourth-order valence-electron chi connectivity index (χ4n) is 4.86. The normalized spacial score (nSPS) is 27.3. The average molecular weight is 398 g/mol. The summed E-state index contributed by atoms with van der Waals surface area (Å²) in [6.45, 7) is 4.83. The Morgan fingerprint density at radius 2 is 1.85 bits per heavy atom. The van der Waals surface area contributed by atoms with Crippen LogP contribution >= 0.6 is 0 Å². The number of nitrogens with zero attached hydrogens (tertiary/aromatic N) is 2. The van der Waals surface area contributed by atoms with Gasteiger partial charge in [-0.25, -0.2) is 12.8 Å². The Kier molecular flexibility index (Phi) is 5.61. The quantitative estimate of drug-likeness (QED) is 0.791. The van der Waals surface area contributed by atoms with E-state index in [9.17, 15) is 17.6 Å². The molecule has 2 N–H and O–H groups in total. The van der Waals surface area contributed by atoms with Gasteiger partial charge in [0, 0.05) is 19.1 Å². The first-order valence-electron chi connectivity index (χ1n) is 9.40. The molecule has 8 heteroatoms. The molecule has 1 heterocycles. The van der Waals surface area contributed by atoms with Crippen LogP contribution < -0.4 is 5.73 Å². The van der Waals surface area contributed by atoms with Gasteiger partial charge >= 0.3 is 0 Å². The van der Waals surface area contributed by atoms with Crippen molar-refractivity contribution >= 4 is 15.9 Å². The van der Waals surface area contributed by atoms with Gasteiger partial charge in [-0.2, -0.15) is 4.31 Å². The summed E-state index contributed by atoms with van der Waals surface area (Å²) in [5, 5.41) is 0. The van der Waals surface area contributed by atoms with Crippen LogP contribution in [-0.4, -0.2) is 55.8 Å². The number of amides is 1. The number of halogens is 1. The van der Waals surface area contributed by atoms with Gasteiger partial charge in [0.15, 0.2) is 0 Å². The standard InChI is InChI=1S/C19H28FN3O3S/c1-12(2)18(19(21)24)22(3)17-9-4-13-10-23(11-16(13)17)27(25,26)15-7-5-14(20)6-8-15/h5-8,12-13,16-18H,4,9-11H2,1-3H3,(H2,21,24)/t13-,16+,17+,18-/m0/s1. The zero-order chi connectivity index (χ0) is 19.9. The summed E-state index contributed by atoms with van der Waals surface area (Å²) < 4.78 is 40.5. The van der Waals surface area contributed by atoms with Crippen LogP contribution in [0.1, 0.15) is 26.7 Å². The number of sulfonamides is 1. The van der Waals surface area contributed by atoms with E-state index in [-0.39, 0.29) is 40.6 Å². The molecule has 150 valence electrons. The van der Waals surface area contributed by atoms with E-state index in [1.165, 1.54) is 28.6 Å². The fraction of sp³-hybridized carbons (Fsp3) is 0.632. The van der Waals surface area contributed by atoms with E-state index < -0.39 is 15.8 Å². The molecule has 1 aliphatic carbocycles. The molecule has 27 heavy (non-hydrogen) atoms. The first-order valence-corrected chi connectivity index (χ1v) is 10.8. The number of hydrogen-bond donors (Lipinski definition) is 1. The molecule has 1 aliphatic heterocycles. The van der Waals surface area contributed by atoms with Crippen LogP contribution in [0.3, 0.4) is 0 Å². The van der Waals surface area contributed by atoms with E-state index in [0.717, 1.165) is 12.8 Å². The van der Waals surface area contributed by atoms with Crippen molar-refractivity contribution in [1.29, 1.82) is 0 Å². The molecule has 1 aromatic carbocycles. The monoisotopic (exact) mass is 397 g/mol. The lowest BCUT2D eigenvalue weighted by atomic mass is 9.93. The molecule has 0 radical (unpaired) electrons. The molecule has 0 unspecified atom stereocenters. The van der Waals surface area contributed by atoms with Crippen LogP contribution in [0.2, 0.25) is 0 Å². The molecular weight excluding hydrogens is 369 g/mol. The highest BCUT2D eigenvalue weighted by Crippen LogP contribution is 2.42. The second kappa shape index (κ2) is 7.48. The lowest BCUT2D eigenvalue weighted by Gasteiger charge is -2.36. The molecular formula is C19H28FN3O3S. The first kappa shape index (κ1) is 20.2. The van der Waals surface area contributed by atoms with Crippen molar-refractivity contribution in [3.8, 4) is 0 Å². The fourth-order valence-corrected chi connectivity index (χ4v) is 6.39. The molecule has 0 aromatic heterocycles. The maximum absolute atomic E-state index is 13.1. The van der Waals surface area contributed by atoms with Crippen molar-refractivity contribution in [2.75, 3.05) is 20.1 Å². The van der Waals surface area contributed by atoms with Crippen LogP contribution in [0.15, 0.2) is 29.2 Å². The Morgan fingerprint density at radius 3 is 2.41 bits per heavy atom. The summed E-state index contributed by atoms with van der Waals surface area (Å²) in [6, 6.07) is 4.72. The SMILES string of the molecule is CC(C)[C@@H](C(N)=O)N(C)[C@@H]1CC[C@H]2CN(S(=O)(=O)c3ccc(F)cc3)C[C@H]21. The number of fused-ring (bicyclic) bond motifs is 1. The summed E-state index contributed by atoms with van der Waals surface area (Å²) in [5.41, 5.74) is 5.61. The zero-order valence-electron chi connectivity index (χ0n) is 16.0. The van der Waals surface area contributed by atoms with Crippen LogP contribution in [0, 0.1) is 23.6 Å². The van der Waals surface area contributed by atoms with Crippen LogP contribution in [0.4, 0.5) is 4.39 Å². The molecule has 3 rings (SSSR count). The minimum Gasteiger partial charge on any atom is -0.368 e. The molecule has 6 nitrogen and oxygen atoms in total. The van der Waals surface area contributed by atoms with Gasteiger partial charge < -0.3 is 5.73 Å². The van der Waals surface area contributed by atoms with E-state index in [4.69, 9.17) is 5.73 Å². The van der Waals surface area contributed by atoms with Crippen molar-refractivity contribution in [1.82, 2.24) is 9.21 Å². The third-order valence-corrected chi connectivity index (χ3v) is 7.97. The Bertz CT molecular complexity index is 797. The predicted molar refractivity (Wildman–Crippen MR) is 101 cm³/mol. The maximum Gasteiger partial charge on any atom is 0.243 e. The number of carbonyl (C=O) groups excluding carboxylic acids is 1. The predicted octanol–water partition coefficient (Wildman–Crippen LogP) is 1.67. The highest BCUT2D eigenvalue weighted by Gasteiger charge is 2.49. The third-order valence-electron chi connectivity index (χ3n) is 6.12. The second-order valence-electron chi connectivity index (χ2n) is 8.10. The minimum atomic E-state index is -3.64. The summed E-state index contributed by atoms with van der Waals surface area (Å²) in [6.07, 6.45) is 1.87. The van der Waals surface area contributed by atoms with Gasteiger partial charge in [-0.15, -0.1) is 0 Å². The molecule has 1 aromatic rings. The van der Waals surface area contributed by atoms with Crippen molar-refractivity contribution < 1.29 is 17.6 Å². The van der Waals surface area contributed by atoms with Crippen molar-refractivity contribution in [3.63, 3.8) is 0 Å². The van der Waals surface area contributed by atoms with Crippen LogP contribution in [0.25, 0.3) is 0 Å². The molecule has 4 atom stereocenters. The summed E-state index contributed by atoms with van der Waals surface area (Å²) >= 11 is 0. The summed E-state index contributed by atoms with van der Waals surface area (Å²) in [5.74, 6) is -0.268. The van der Waals surface area contributed by atoms with Crippen LogP contribution in [-0.2, 0) is 14.8 Å². The number of primary amides is 1. The zero-order valence-corrected chi connectivity index (χ0v) is 16.8.